The fourth-order valence-electron chi connectivity index (χ4n) is 1.36. The number of carbonyl (C=O) groups is 1. The smallest absolute Gasteiger partial charge is 0.234 e. The van der Waals surface area contributed by atoms with Crippen molar-refractivity contribution in [2.24, 2.45) is 0 Å². The summed E-state index contributed by atoms with van der Waals surface area (Å²) in [6, 6.07) is 6.11. The monoisotopic (exact) mass is 210 g/mol. The molecule has 1 aromatic carbocycles. The average Bonchev–Trinajstić information content (AvgIpc) is 2.18. The van der Waals surface area contributed by atoms with Crippen LogP contribution in [0, 0.1) is 5.82 Å². The van der Waals surface area contributed by atoms with Crippen molar-refractivity contribution in [1.29, 1.82) is 0 Å². The zero-order chi connectivity index (χ0) is 11.3. The second kappa shape index (κ2) is 5.46. The first-order chi connectivity index (χ1) is 7.15. The highest BCUT2D eigenvalue weighted by Gasteiger charge is 2.11. The highest BCUT2D eigenvalue weighted by atomic mass is 19.1. The van der Waals surface area contributed by atoms with E-state index in [2.05, 4.69) is 10.6 Å². The molecule has 0 saturated heterocycles. The van der Waals surface area contributed by atoms with Crippen molar-refractivity contribution in [1.82, 2.24) is 10.6 Å². The first-order valence-corrected chi connectivity index (χ1v) is 4.83. The van der Waals surface area contributed by atoms with Crippen LogP contribution >= 0.6 is 0 Å². The molecule has 0 aliphatic carbocycles. The van der Waals surface area contributed by atoms with Crippen LogP contribution in [0.5, 0.6) is 0 Å². The van der Waals surface area contributed by atoms with Gasteiger partial charge in [0.15, 0.2) is 0 Å². The molecule has 1 unspecified atom stereocenters. The molecule has 15 heavy (non-hydrogen) atoms. The van der Waals surface area contributed by atoms with E-state index in [0.29, 0.717) is 5.56 Å². The molecule has 0 aromatic heterocycles. The fraction of sp³-hybridized carbons (Fsp3) is 0.364. The summed E-state index contributed by atoms with van der Waals surface area (Å²) in [5.74, 6) is -0.442. The Labute approximate surface area is 88.7 Å². The average molecular weight is 210 g/mol. The quantitative estimate of drug-likeness (QED) is 0.784. The van der Waals surface area contributed by atoms with Gasteiger partial charge in [-0.2, -0.15) is 0 Å². The lowest BCUT2D eigenvalue weighted by atomic mass is 10.1. The van der Waals surface area contributed by atoms with Crippen LogP contribution in [0.25, 0.3) is 0 Å². The molecule has 4 heteroatoms. The van der Waals surface area contributed by atoms with Crippen LogP contribution in [0.3, 0.4) is 0 Å². The molecule has 1 rings (SSSR count). The molecule has 0 bridgehead atoms. The van der Waals surface area contributed by atoms with Crippen LogP contribution in [0.4, 0.5) is 4.39 Å². The van der Waals surface area contributed by atoms with Gasteiger partial charge < -0.3 is 10.6 Å². The third-order valence-corrected chi connectivity index (χ3v) is 2.09. The van der Waals surface area contributed by atoms with E-state index in [9.17, 15) is 9.18 Å². The number of nitrogens with one attached hydrogen (secondary N) is 2. The van der Waals surface area contributed by atoms with Crippen LogP contribution in [0.15, 0.2) is 24.3 Å². The van der Waals surface area contributed by atoms with E-state index in [0.717, 1.165) is 0 Å². The number of rotatable bonds is 4. The normalized spacial score (nSPS) is 12.2. The van der Waals surface area contributed by atoms with Gasteiger partial charge in [-0.25, -0.2) is 4.39 Å². The van der Waals surface area contributed by atoms with Gasteiger partial charge in [-0.15, -0.1) is 0 Å². The molecule has 0 radical (unpaired) electrons. The Balaban J connectivity index is 2.65. The molecule has 0 saturated carbocycles. The standard InChI is InChI=1S/C11H15FN2O/c1-8(14-11(15)7-13-2)9-5-3-4-6-10(9)12/h3-6,8,13H,7H2,1-2H3,(H,14,15). The van der Waals surface area contributed by atoms with Gasteiger partial charge in [0.1, 0.15) is 5.82 Å². The molecule has 1 amide bonds. The van der Waals surface area contributed by atoms with Crippen molar-refractivity contribution in [3.8, 4) is 0 Å². The van der Waals surface area contributed by atoms with Crippen LogP contribution in [-0.2, 0) is 4.79 Å². The summed E-state index contributed by atoms with van der Waals surface area (Å²) < 4.78 is 13.3. The zero-order valence-electron chi connectivity index (χ0n) is 8.88. The van der Waals surface area contributed by atoms with E-state index in [4.69, 9.17) is 0 Å². The number of likely N-dealkylation sites (N-methyl/N-ethyl adjacent to an activating group) is 1. The molecule has 0 aliphatic heterocycles. The highest BCUT2D eigenvalue weighted by Crippen LogP contribution is 2.15. The summed E-state index contributed by atoms with van der Waals surface area (Å²) in [6.45, 7) is 1.99. The maximum absolute atomic E-state index is 13.3. The lowest BCUT2D eigenvalue weighted by Crippen LogP contribution is -2.34. The zero-order valence-corrected chi connectivity index (χ0v) is 8.88. The van der Waals surface area contributed by atoms with Gasteiger partial charge >= 0.3 is 0 Å². The minimum Gasteiger partial charge on any atom is -0.348 e. The summed E-state index contributed by atoms with van der Waals surface area (Å²) in [7, 11) is 1.69. The first-order valence-electron chi connectivity index (χ1n) is 4.83. The van der Waals surface area contributed by atoms with Crippen molar-refractivity contribution in [2.45, 2.75) is 13.0 Å². The highest BCUT2D eigenvalue weighted by molar-refractivity contribution is 5.78. The third kappa shape index (κ3) is 3.32. The molecule has 1 atom stereocenters. The molecule has 0 heterocycles. The van der Waals surface area contributed by atoms with E-state index < -0.39 is 0 Å². The molecular weight excluding hydrogens is 195 g/mol. The number of hydrogen-bond donors (Lipinski definition) is 2. The second-order valence-corrected chi connectivity index (χ2v) is 3.34. The number of halogens is 1. The summed E-state index contributed by atoms with van der Waals surface area (Å²) >= 11 is 0. The lowest BCUT2D eigenvalue weighted by Gasteiger charge is -2.14. The summed E-state index contributed by atoms with van der Waals surface area (Å²) in [5, 5.41) is 5.43. The van der Waals surface area contributed by atoms with E-state index in [1.165, 1.54) is 6.07 Å². The predicted molar refractivity (Wildman–Crippen MR) is 56.9 cm³/mol. The minimum absolute atomic E-state index is 0.145. The SMILES string of the molecule is CNCC(=O)NC(C)c1ccccc1F. The Bertz CT molecular complexity index is 341. The van der Waals surface area contributed by atoms with Gasteiger partial charge in [-0.1, -0.05) is 18.2 Å². The molecule has 0 fully saturated rings. The van der Waals surface area contributed by atoms with Crippen LogP contribution in [0.1, 0.15) is 18.5 Å². The number of benzene rings is 1. The summed E-state index contributed by atoms with van der Waals surface area (Å²) in [4.78, 5) is 11.2. The molecule has 3 nitrogen and oxygen atoms in total. The Hall–Kier alpha value is -1.42. The van der Waals surface area contributed by atoms with E-state index in [1.54, 1.807) is 32.2 Å². The van der Waals surface area contributed by atoms with Gasteiger partial charge in [-0.05, 0) is 20.0 Å². The topological polar surface area (TPSA) is 41.1 Å². The third-order valence-electron chi connectivity index (χ3n) is 2.09. The Morgan fingerprint density at radius 3 is 2.73 bits per heavy atom. The van der Waals surface area contributed by atoms with Gasteiger partial charge in [0, 0.05) is 5.56 Å². The van der Waals surface area contributed by atoms with Crippen molar-refractivity contribution < 1.29 is 9.18 Å². The molecule has 0 aliphatic rings. The molecule has 2 N–H and O–H groups in total. The maximum atomic E-state index is 13.3. The largest absolute Gasteiger partial charge is 0.348 e. The fourth-order valence-corrected chi connectivity index (χ4v) is 1.36. The van der Waals surface area contributed by atoms with Gasteiger partial charge in [0.2, 0.25) is 5.91 Å². The van der Waals surface area contributed by atoms with E-state index in [-0.39, 0.29) is 24.3 Å². The first kappa shape index (κ1) is 11.7. The predicted octanol–water partition coefficient (Wildman–Crippen LogP) is 1.22. The van der Waals surface area contributed by atoms with Crippen LogP contribution < -0.4 is 10.6 Å². The van der Waals surface area contributed by atoms with Gasteiger partial charge in [0.25, 0.3) is 0 Å². The minimum atomic E-state index is -0.313. The van der Waals surface area contributed by atoms with E-state index in [1.807, 2.05) is 0 Å². The molecule has 0 spiro atoms. The number of amides is 1. The summed E-state index contributed by atoms with van der Waals surface area (Å²) in [5.41, 5.74) is 0.502. The Kier molecular flexibility index (Phi) is 4.24. The molecular formula is C11H15FN2O. The van der Waals surface area contributed by atoms with Crippen molar-refractivity contribution in [2.75, 3.05) is 13.6 Å². The van der Waals surface area contributed by atoms with E-state index >= 15 is 0 Å². The molecule has 1 aromatic rings. The van der Waals surface area contributed by atoms with Crippen molar-refractivity contribution in [3.05, 3.63) is 35.6 Å². The number of carbonyl (C=O) groups excluding carboxylic acids is 1. The summed E-state index contributed by atoms with van der Waals surface area (Å²) in [6.07, 6.45) is 0. The lowest BCUT2D eigenvalue weighted by molar-refractivity contribution is -0.120. The van der Waals surface area contributed by atoms with Crippen molar-refractivity contribution >= 4 is 5.91 Å². The maximum Gasteiger partial charge on any atom is 0.234 e. The van der Waals surface area contributed by atoms with Gasteiger partial charge in [-0.3, -0.25) is 4.79 Å². The van der Waals surface area contributed by atoms with Crippen LogP contribution in [0.2, 0.25) is 0 Å². The molecule has 82 valence electrons. The number of hydrogen-bond acceptors (Lipinski definition) is 2. The van der Waals surface area contributed by atoms with Gasteiger partial charge in [0.05, 0.1) is 12.6 Å². The Morgan fingerprint density at radius 2 is 2.13 bits per heavy atom. The van der Waals surface area contributed by atoms with Crippen LogP contribution in [-0.4, -0.2) is 19.5 Å². The van der Waals surface area contributed by atoms with Crippen molar-refractivity contribution in [3.63, 3.8) is 0 Å². The Morgan fingerprint density at radius 1 is 1.47 bits per heavy atom. The second-order valence-electron chi connectivity index (χ2n) is 3.34.